The molecule has 0 saturated heterocycles. The highest BCUT2D eigenvalue weighted by Crippen LogP contribution is 2.33. The van der Waals surface area contributed by atoms with E-state index in [1.165, 1.54) is 11.1 Å². The molecule has 1 aliphatic carbocycles. The van der Waals surface area contributed by atoms with Crippen molar-refractivity contribution >= 4 is 5.65 Å². The molecular weight excluding hydrogens is 248 g/mol. The van der Waals surface area contributed by atoms with Crippen molar-refractivity contribution in [3.05, 3.63) is 65.1 Å². The number of hydrogen-bond donors (Lipinski definition) is 0. The van der Waals surface area contributed by atoms with Crippen molar-refractivity contribution in [1.29, 1.82) is 5.26 Å². The SMILES string of the molecule is N#Cc1ccc2nnc(C3Cc4ccccc4C3)n2c1. The number of hydrogen-bond acceptors (Lipinski definition) is 3. The average molecular weight is 260 g/mol. The number of aromatic nitrogens is 3. The van der Waals surface area contributed by atoms with Crippen LogP contribution in [0.15, 0.2) is 42.6 Å². The largest absolute Gasteiger partial charge is 0.285 e. The summed E-state index contributed by atoms with van der Waals surface area (Å²) >= 11 is 0. The van der Waals surface area contributed by atoms with Gasteiger partial charge in [0.1, 0.15) is 11.9 Å². The molecule has 0 amide bonds. The fourth-order valence-electron chi connectivity index (χ4n) is 2.99. The van der Waals surface area contributed by atoms with Gasteiger partial charge in [0, 0.05) is 12.1 Å². The molecule has 0 unspecified atom stereocenters. The summed E-state index contributed by atoms with van der Waals surface area (Å²) in [7, 11) is 0. The molecule has 0 saturated carbocycles. The van der Waals surface area contributed by atoms with Crippen molar-refractivity contribution in [2.24, 2.45) is 0 Å². The third-order valence-corrected chi connectivity index (χ3v) is 3.97. The summed E-state index contributed by atoms with van der Waals surface area (Å²) in [6, 6.07) is 14.3. The van der Waals surface area contributed by atoms with Crippen molar-refractivity contribution in [2.45, 2.75) is 18.8 Å². The first-order valence-corrected chi connectivity index (χ1v) is 6.67. The molecule has 1 aromatic carbocycles. The average Bonchev–Trinajstić information content (AvgIpc) is 3.09. The van der Waals surface area contributed by atoms with Gasteiger partial charge < -0.3 is 0 Å². The minimum absolute atomic E-state index is 0.344. The summed E-state index contributed by atoms with van der Waals surface area (Å²) in [6.07, 6.45) is 3.81. The summed E-state index contributed by atoms with van der Waals surface area (Å²) in [5, 5.41) is 17.6. The van der Waals surface area contributed by atoms with Crippen LogP contribution in [0.4, 0.5) is 0 Å². The zero-order chi connectivity index (χ0) is 13.5. The Labute approximate surface area is 116 Å². The van der Waals surface area contributed by atoms with Crippen LogP contribution in [0.2, 0.25) is 0 Å². The van der Waals surface area contributed by atoms with Crippen LogP contribution in [-0.2, 0) is 12.8 Å². The van der Waals surface area contributed by atoms with Crippen LogP contribution in [0.3, 0.4) is 0 Å². The van der Waals surface area contributed by atoms with E-state index in [1.807, 2.05) is 16.7 Å². The maximum atomic E-state index is 9.03. The van der Waals surface area contributed by atoms with Gasteiger partial charge in [-0.2, -0.15) is 5.26 Å². The second kappa shape index (κ2) is 4.17. The van der Waals surface area contributed by atoms with E-state index >= 15 is 0 Å². The van der Waals surface area contributed by atoms with Crippen molar-refractivity contribution in [3.63, 3.8) is 0 Å². The van der Waals surface area contributed by atoms with Gasteiger partial charge in [-0.1, -0.05) is 24.3 Å². The van der Waals surface area contributed by atoms with Crippen LogP contribution >= 0.6 is 0 Å². The minimum Gasteiger partial charge on any atom is -0.285 e. The molecule has 3 aromatic rings. The van der Waals surface area contributed by atoms with Gasteiger partial charge in [0.2, 0.25) is 0 Å². The number of fused-ring (bicyclic) bond motifs is 2. The molecule has 4 nitrogen and oxygen atoms in total. The van der Waals surface area contributed by atoms with Crippen molar-refractivity contribution in [3.8, 4) is 6.07 Å². The molecule has 0 spiro atoms. The van der Waals surface area contributed by atoms with Crippen LogP contribution in [0.25, 0.3) is 5.65 Å². The molecule has 0 atom stereocenters. The highest BCUT2D eigenvalue weighted by atomic mass is 15.2. The Balaban J connectivity index is 1.79. The summed E-state index contributed by atoms with van der Waals surface area (Å²) in [5.41, 5.74) is 4.22. The third-order valence-electron chi connectivity index (χ3n) is 3.97. The van der Waals surface area contributed by atoms with E-state index in [1.54, 1.807) is 6.07 Å². The van der Waals surface area contributed by atoms with E-state index in [-0.39, 0.29) is 0 Å². The van der Waals surface area contributed by atoms with Gasteiger partial charge in [-0.15, -0.1) is 10.2 Å². The van der Waals surface area contributed by atoms with E-state index in [0.717, 1.165) is 24.3 Å². The second-order valence-electron chi connectivity index (χ2n) is 5.19. The van der Waals surface area contributed by atoms with Gasteiger partial charge in [0.25, 0.3) is 0 Å². The maximum absolute atomic E-state index is 9.03. The number of nitrogens with zero attached hydrogens (tertiary/aromatic N) is 4. The van der Waals surface area contributed by atoms with Crippen LogP contribution in [0, 0.1) is 11.3 Å². The van der Waals surface area contributed by atoms with Gasteiger partial charge in [0.15, 0.2) is 5.65 Å². The lowest BCUT2D eigenvalue weighted by atomic mass is 10.1. The van der Waals surface area contributed by atoms with Gasteiger partial charge in [-0.3, -0.25) is 4.40 Å². The molecule has 96 valence electrons. The van der Waals surface area contributed by atoms with Crippen molar-refractivity contribution < 1.29 is 0 Å². The lowest BCUT2D eigenvalue weighted by Crippen LogP contribution is -2.04. The van der Waals surface area contributed by atoms with Gasteiger partial charge in [-0.25, -0.2) is 0 Å². The minimum atomic E-state index is 0.344. The molecule has 20 heavy (non-hydrogen) atoms. The maximum Gasteiger partial charge on any atom is 0.160 e. The fraction of sp³-hybridized carbons (Fsp3) is 0.188. The molecule has 4 heteroatoms. The highest BCUT2D eigenvalue weighted by molar-refractivity contribution is 5.44. The van der Waals surface area contributed by atoms with Gasteiger partial charge in [0.05, 0.1) is 5.56 Å². The Kier molecular flexibility index (Phi) is 2.33. The van der Waals surface area contributed by atoms with Crippen molar-refractivity contribution in [2.75, 3.05) is 0 Å². The zero-order valence-electron chi connectivity index (χ0n) is 10.8. The summed E-state index contributed by atoms with van der Waals surface area (Å²) in [4.78, 5) is 0. The molecular formula is C16H12N4. The zero-order valence-corrected chi connectivity index (χ0v) is 10.8. The molecule has 0 bridgehead atoms. The quantitative estimate of drug-likeness (QED) is 0.675. The highest BCUT2D eigenvalue weighted by Gasteiger charge is 2.26. The topological polar surface area (TPSA) is 54.0 Å². The standard InChI is InChI=1S/C16H12N4/c17-9-11-5-6-15-18-19-16(20(15)10-11)14-7-12-3-1-2-4-13(12)8-14/h1-6,10,14H,7-8H2. The first-order valence-electron chi connectivity index (χ1n) is 6.67. The van der Waals surface area contributed by atoms with Crippen LogP contribution in [0.5, 0.6) is 0 Å². The Hall–Kier alpha value is -2.67. The molecule has 2 heterocycles. The lowest BCUT2D eigenvalue weighted by molar-refractivity contribution is 0.672. The molecule has 0 fully saturated rings. The first kappa shape index (κ1) is 11.2. The Bertz CT molecular complexity index is 816. The van der Waals surface area contributed by atoms with E-state index in [2.05, 4.69) is 40.5 Å². The number of nitriles is 1. The molecule has 2 aromatic heterocycles. The number of pyridine rings is 1. The molecule has 1 aliphatic rings. The van der Waals surface area contributed by atoms with E-state index in [0.29, 0.717) is 11.5 Å². The first-order chi connectivity index (χ1) is 9.85. The van der Waals surface area contributed by atoms with Gasteiger partial charge in [-0.05, 0) is 36.1 Å². The molecule has 0 radical (unpaired) electrons. The fourth-order valence-corrected chi connectivity index (χ4v) is 2.99. The van der Waals surface area contributed by atoms with E-state index in [9.17, 15) is 0 Å². The van der Waals surface area contributed by atoms with Crippen LogP contribution < -0.4 is 0 Å². The van der Waals surface area contributed by atoms with E-state index in [4.69, 9.17) is 5.26 Å². The Morgan fingerprint density at radius 3 is 2.50 bits per heavy atom. The molecule has 0 N–H and O–H groups in total. The Morgan fingerprint density at radius 1 is 1.05 bits per heavy atom. The van der Waals surface area contributed by atoms with Crippen LogP contribution in [0.1, 0.15) is 28.4 Å². The molecule has 4 rings (SSSR count). The smallest absolute Gasteiger partial charge is 0.160 e. The van der Waals surface area contributed by atoms with Crippen LogP contribution in [-0.4, -0.2) is 14.6 Å². The number of rotatable bonds is 1. The normalized spacial score (nSPS) is 14.3. The molecule has 0 aliphatic heterocycles. The lowest BCUT2D eigenvalue weighted by Gasteiger charge is -2.06. The predicted molar refractivity (Wildman–Crippen MR) is 74.3 cm³/mol. The Morgan fingerprint density at radius 2 is 1.80 bits per heavy atom. The third kappa shape index (κ3) is 1.60. The predicted octanol–water partition coefficient (Wildman–Crippen LogP) is 2.48. The number of benzene rings is 1. The van der Waals surface area contributed by atoms with E-state index < -0.39 is 0 Å². The summed E-state index contributed by atoms with van der Waals surface area (Å²) in [6.45, 7) is 0. The van der Waals surface area contributed by atoms with Crippen molar-refractivity contribution in [1.82, 2.24) is 14.6 Å². The second-order valence-corrected chi connectivity index (χ2v) is 5.19. The van der Waals surface area contributed by atoms with Gasteiger partial charge >= 0.3 is 0 Å². The summed E-state index contributed by atoms with van der Waals surface area (Å²) in [5.74, 6) is 1.30. The summed E-state index contributed by atoms with van der Waals surface area (Å²) < 4.78 is 1.95. The monoisotopic (exact) mass is 260 g/mol.